The fourth-order valence-corrected chi connectivity index (χ4v) is 2.53. The molecular formula is C16H27N3O10. The molecule has 1 fully saturated rings. The van der Waals surface area contributed by atoms with Crippen molar-refractivity contribution in [2.24, 2.45) is 5.92 Å². The van der Waals surface area contributed by atoms with Crippen LogP contribution in [0.15, 0.2) is 17.1 Å². The first kappa shape index (κ1) is 25.1. The number of rotatable bonds is 7. The van der Waals surface area contributed by atoms with Crippen molar-refractivity contribution in [3.05, 3.63) is 22.7 Å². The number of aliphatic hydroxyl groups excluding tert-OH is 6. The molecule has 13 heteroatoms. The van der Waals surface area contributed by atoms with E-state index in [1.54, 1.807) is 0 Å². The maximum Gasteiger partial charge on any atom is 0.351 e. The molecule has 29 heavy (non-hydrogen) atoms. The monoisotopic (exact) mass is 421 g/mol. The summed E-state index contributed by atoms with van der Waals surface area (Å²) in [6, 6.07) is 1.37. The van der Waals surface area contributed by atoms with Crippen molar-refractivity contribution in [3.63, 3.8) is 0 Å². The zero-order valence-corrected chi connectivity index (χ0v) is 15.6. The molecule has 0 amide bonds. The van der Waals surface area contributed by atoms with Gasteiger partial charge in [0.1, 0.15) is 36.0 Å². The maximum absolute atomic E-state index is 11.5. The third kappa shape index (κ3) is 5.77. The van der Waals surface area contributed by atoms with E-state index in [0.717, 1.165) is 4.57 Å². The summed E-state index contributed by atoms with van der Waals surface area (Å²) in [5.41, 5.74) is 2.63. The van der Waals surface area contributed by atoms with Crippen LogP contribution in [0.4, 0.5) is 5.82 Å². The van der Waals surface area contributed by atoms with Gasteiger partial charge in [-0.2, -0.15) is 4.98 Å². The highest BCUT2D eigenvalue weighted by Gasteiger charge is 2.43. The molecule has 0 bridgehead atoms. The van der Waals surface area contributed by atoms with E-state index in [-0.39, 0.29) is 5.82 Å². The molecule has 0 aromatic carbocycles. The van der Waals surface area contributed by atoms with Gasteiger partial charge in [-0.3, -0.25) is 4.57 Å². The van der Waals surface area contributed by atoms with Crippen LogP contribution in [0.5, 0.6) is 0 Å². The molecule has 0 aliphatic carbocycles. The van der Waals surface area contributed by atoms with Crippen LogP contribution in [0.3, 0.4) is 0 Å². The second-order valence-corrected chi connectivity index (χ2v) is 6.63. The molecule has 0 spiro atoms. The van der Waals surface area contributed by atoms with Crippen molar-refractivity contribution in [2.45, 2.75) is 43.2 Å². The highest BCUT2D eigenvalue weighted by molar-refractivity contribution is 5.54. The van der Waals surface area contributed by atoms with E-state index >= 15 is 0 Å². The minimum Gasteiger partial charge on any atom is -0.394 e. The van der Waals surface area contributed by atoms with Gasteiger partial charge in [0.15, 0.2) is 6.23 Å². The van der Waals surface area contributed by atoms with E-state index in [2.05, 4.69) is 4.98 Å². The van der Waals surface area contributed by atoms with Crippen molar-refractivity contribution in [3.8, 4) is 0 Å². The SMILES string of the molecule is CC(C=O)C(O)C(O)(CO)CO.Nc1ccn([C@@H]2O[C@H](CO)[C@@H](O)[C@H]2O)c(=O)n1. The largest absolute Gasteiger partial charge is 0.394 e. The molecule has 0 radical (unpaired) electrons. The van der Waals surface area contributed by atoms with Crippen molar-refractivity contribution in [1.82, 2.24) is 9.55 Å². The van der Waals surface area contributed by atoms with E-state index in [1.165, 1.54) is 19.2 Å². The standard InChI is InChI=1S/C9H13N3O5.C7H14O5/c10-5-1-2-12(9(16)11-5)8-7(15)6(14)4(3-13)17-8;1-5(2-8)6(11)7(12,3-9)4-10/h1-2,4,6-8,13-15H,3H2,(H2,10,11,16);2,5-6,9-12H,3-4H2,1H3/t4-,6-,7-,8-;/m1./s1. The van der Waals surface area contributed by atoms with Crippen molar-refractivity contribution >= 4 is 12.1 Å². The van der Waals surface area contributed by atoms with Crippen LogP contribution in [0.1, 0.15) is 13.2 Å². The predicted molar refractivity (Wildman–Crippen MR) is 96.3 cm³/mol. The molecule has 6 atom stereocenters. The zero-order valence-electron chi connectivity index (χ0n) is 15.6. The summed E-state index contributed by atoms with van der Waals surface area (Å²) in [6.07, 6.45) is -4.27. The van der Waals surface area contributed by atoms with E-state index < -0.39 is 67.7 Å². The number of hydrogen-bond acceptors (Lipinski definition) is 12. The molecule has 0 saturated carbocycles. The number of nitrogens with zero attached hydrogens (tertiary/aromatic N) is 2. The summed E-state index contributed by atoms with van der Waals surface area (Å²) >= 11 is 0. The Labute approximate surface area is 165 Å². The van der Waals surface area contributed by atoms with Gasteiger partial charge in [-0.05, 0) is 6.07 Å². The number of ether oxygens (including phenoxy) is 1. The van der Waals surface area contributed by atoms with Gasteiger partial charge in [-0.25, -0.2) is 4.79 Å². The van der Waals surface area contributed by atoms with Crippen LogP contribution in [-0.4, -0.2) is 101 Å². The predicted octanol–water partition coefficient (Wildman–Crippen LogP) is -4.66. The Morgan fingerprint density at radius 3 is 2.31 bits per heavy atom. The summed E-state index contributed by atoms with van der Waals surface area (Å²) in [5.74, 6) is -0.771. The highest BCUT2D eigenvalue weighted by atomic mass is 16.6. The number of carbonyl (C=O) groups excluding carboxylic acids is 1. The topological polar surface area (TPSA) is 229 Å². The van der Waals surface area contributed by atoms with Gasteiger partial charge in [-0.1, -0.05) is 6.92 Å². The zero-order chi connectivity index (χ0) is 22.4. The minimum absolute atomic E-state index is 0.0537. The summed E-state index contributed by atoms with van der Waals surface area (Å²) in [6.45, 7) is -0.647. The summed E-state index contributed by atoms with van der Waals surface area (Å²) < 4.78 is 6.19. The second-order valence-electron chi connectivity index (χ2n) is 6.63. The van der Waals surface area contributed by atoms with Crippen LogP contribution in [-0.2, 0) is 9.53 Å². The first-order valence-corrected chi connectivity index (χ1v) is 8.60. The average molecular weight is 421 g/mol. The van der Waals surface area contributed by atoms with E-state index in [0.29, 0.717) is 6.29 Å². The van der Waals surface area contributed by atoms with Gasteiger partial charge in [0.25, 0.3) is 0 Å². The maximum atomic E-state index is 11.5. The molecule has 1 aromatic heterocycles. The number of nitrogen functional groups attached to an aromatic ring is 1. The third-order valence-corrected chi connectivity index (χ3v) is 4.45. The lowest BCUT2D eigenvalue weighted by Crippen LogP contribution is -2.52. The molecule has 1 aromatic rings. The Hall–Kier alpha value is -1.97. The van der Waals surface area contributed by atoms with Gasteiger partial charge < -0.3 is 51.0 Å². The quantitative estimate of drug-likeness (QED) is 0.194. The first-order valence-electron chi connectivity index (χ1n) is 8.60. The van der Waals surface area contributed by atoms with Gasteiger partial charge in [0.2, 0.25) is 0 Å². The lowest BCUT2D eigenvalue weighted by Gasteiger charge is -2.30. The Bertz CT molecular complexity index is 710. The number of anilines is 1. The van der Waals surface area contributed by atoms with Gasteiger partial charge in [0.05, 0.1) is 25.9 Å². The smallest absolute Gasteiger partial charge is 0.351 e. The Kier molecular flexibility index (Phi) is 9.25. The Balaban J connectivity index is 0.000000311. The minimum atomic E-state index is -2.00. The number of carbonyl (C=O) groups is 1. The highest BCUT2D eigenvalue weighted by Crippen LogP contribution is 2.27. The molecule has 2 unspecified atom stereocenters. The normalized spacial score (nSPS) is 26.3. The number of aldehydes is 1. The van der Waals surface area contributed by atoms with Gasteiger partial charge >= 0.3 is 5.69 Å². The lowest BCUT2D eigenvalue weighted by molar-refractivity contribution is -0.151. The number of nitrogens with two attached hydrogens (primary N) is 1. The molecule has 2 heterocycles. The van der Waals surface area contributed by atoms with Crippen LogP contribution in [0.25, 0.3) is 0 Å². The fourth-order valence-electron chi connectivity index (χ4n) is 2.53. The molecular weight excluding hydrogens is 394 g/mol. The van der Waals surface area contributed by atoms with Crippen molar-refractivity contribution < 1.29 is 45.3 Å². The van der Waals surface area contributed by atoms with Crippen LogP contribution in [0.2, 0.25) is 0 Å². The molecule has 1 aliphatic rings. The van der Waals surface area contributed by atoms with Gasteiger partial charge in [0, 0.05) is 12.1 Å². The second kappa shape index (κ2) is 10.7. The summed E-state index contributed by atoms with van der Waals surface area (Å²) in [4.78, 5) is 25.2. The van der Waals surface area contributed by atoms with E-state index in [4.69, 9.17) is 25.8 Å². The average Bonchev–Trinajstić information content (AvgIpc) is 3.00. The number of hydrogen-bond donors (Lipinski definition) is 8. The Morgan fingerprint density at radius 1 is 1.31 bits per heavy atom. The molecule has 13 nitrogen and oxygen atoms in total. The van der Waals surface area contributed by atoms with Crippen molar-refractivity contribution in [1.29, 1.82) is 0 Å². The van der Waals surface area contributed by atoms with Crippen molar-refractivity contribution in [2.75, 3.05) is 25.6 Å². The summed E-state index contributed by atoms with van der Waals surface area (Å²) in [5, 5.41) is 63.9. The van der Waals surface area contributed by atoms with E-state index in [1.807, 2.05) is 0 Å². The summed E-state index contributed by atoms with van der Waals surface area (Å²) in [7, 11) is 0. The van der Waals surface area contributed by atoms with Gasteiger partial charge in [-0.15, -0.1) is 0 Å². The van der Waals surface area contributed by atoms with E-state index in [9.17, 15) is 30.0 Å². The molecule has 1 aliphatic heterocycles. The van der Waals surface area contributed by atoms with Crippen LogP contribution < -0.4 is 11.4 Å². The molecule has 166 valence electrons. The fraction of sp³-hybridized carbons (Fsp3) is 0.688. The lowest BCUT2D eigenvalue weighted by atomic mass is 9.90. The third-order valence-electron chi connectivity index (χ3n) is 4.45. The Morgan fingerprint density at radius 2 is 1.90 bits per heavy atom. The molecule has 1 saturated heterocycles. The number of aromatic nitrogens is 2. The van der Waals surface area contributed by atoms with Crippen LogP contribution >= 0.6 is 0 Å². The first-order chi connectivity index (χ1) is 13.6. The molecule has 9 N–H and O–H groups in total. The molecule has 2 rings (SSSR count). The van der Waals surface area contributed by atoms with Crippen LogP contribution in [0, 0.1) is 5.92 Å². The number of aliphatic hydroxyl groups is 7.